The summed E-state index contributed by atoms with van der Waals surface area (Å²) in [5, 5.41) is 11.2. The van der Waals surface area contributed by atoms with Crippen molar-refractivity contribution < 1.29 is 32.7 Å². The quantitative estimate of drug-likeness (QED) is 0.860. The Hall–Kier alpha value is -2.58. The maximum Gasteiger partial charge on any atom is 0.416 e. The van der Waals surface area contributed by atoms with Crippen LogP contribution in [0.4, 0.5) is 13.2 Å². The van der Waals surface area contributed by atoms with E-state index in [1.807, 2.05) is 0 Å². The highest BCUT2D eigenvalue weighted by Crippen LogP contribution is 2.38. The monoisotopic (exact) mass is 358 g/mol. The van der Waals surface area contributed by atoms with Gasteiger partial charge in [-0.1, -0.05) is 12.1 Å². The Morgan fingerprint density at radius 1 is 1.28 bits per heavy atom. The van der Waals surface area contributed by atoms with Gasteiger partial charge in [0.25, 0.3) is 0 Å². The van der Waals surface area contributed by atoms with Crippen LogP contribution >= 0.6 is 0 Å². The maximum atomic E-state index is 12.7. The summed E-state index contributed by atoms with van der Waals surface area (Å²) < 4.78 is 38.0. The van der Waals surface area contributed by atoms with Crippen LogP contribution < -0.4 is 5.32 Å². The molecule has 0 aliphatic carbocycles. The normalized spacial score (nSPS) is 22.0. The first-order valence-corrected chi connectivity index (χ1v) is 7.48. The number of hydrogen-bond donors (Lipinski definition) is 2. The summed E-state index contributed by atoms with van der Waals surface area (Å²) in [6.45, 7) is 1.29. The van der Waals surface area contributed by atoms with E-state index in [0.717, 1.165) is 12.1 Å². The molecule has 0 aromatic heterocycles. The van der Waals surface area contributed by atoms with Crippen molar-refractivity contribution in [2.75, 3.05) is 7.05 Å². The molecule has 3 atom stereocenters. The second-order valence-corrected chi connectivity index (χ2v) is 5.95. The number of halogens is 3. The van der Waals surface area contributed by atoms with Gasteiger partial charge in [-0.2, -0.15) is 13.2 Å². The second-order valence-electron chi connectivity index (χ2n) is 5.95. The average Bonchev–Trinajstić information content (AvgIpc) is 2.82. The third-order valence-corrected chi connectivity index (χ3v) is 4.23. The van der Waals surface area contributed by atoms with E-state index in [0.29, 0.717) is 5.56 Å². The van der Waals surface area contributed by atoms with Gasteiger partial charge in [-0.3, -0.25) is 14.4 Å². The molecular formula is C16H17F3N2O4. The summed E-state index contributed by atoms with van der Waals surface area (Å²) >= 11 is 0. The zero-order valence-corrected chi connectivity index (χ0v) is 13.5. The van der Waals surface area contributed by atoms with Crippen LogP contribution in [0.15, 0.2) is 24.3 Å². The minimum absolute atomic E-state index is 0.139. The van der Waals surface area contributed by atoms with E-state index in [1.54, 1.807) is 0 Å². The third-order valence-electron chi connectivity index (χ3n) is 4.23. The first kappa shape index (κ1) is 18.8. The number of carboxylic acid groups (broad SMARTS) is 1. The average molecular weight is 358 g/mol. The van der Waals surface area contributed by atoms with Gasteiger partial charge in [0.15, 0.2) is 0 Å². The number of carbonyl (C=O) groups excluding carboxylic acids is 2. The van der Waals surface area contributed by atoms with Crippen molar-refractivity contribution in [1.82, 2.24) is 10.2 Å². The minimum atomic E-state index is -4.48. The largest absolute Gasteiger partial charge is 0.480 e. The Morgan fingerprint density at radius 3 is 2.32 bits per heavy atom. The fourth-order valence-electron chi connectivity index (χ4n) is 2.81. The number of hydrogen-bond acceptors (Lipinski definition) is 3. The molecule has 25 heavy (non-hydrogen) atoms. The Labute approximate surface area is 141 Å². The Kier molecular flexibility index (Phi) is 5.05. The lowest BCUT2D eigenvalue weighted by atomic mass is 9.92. The molecule has 2 rings (SSSR count). The van der Waals surface area contributed by atoms with Crippen molar-refractivity contribution in [2.45, 2.75) is 31.6 Å². The molecule has 1 heterocycles. The highest BCUT2D eigenvalue weighted by atomic mass is 19.4. The van der Waals surface area contributed by atoms with E-state index in [4.69, 9.17) is 5.11 Å². The molecule has 0 saturated carbocycles. The Bertz CT molecular complexity index is 688. The fraction of sp³-hybridized carbons (Fsp3) is 0.438. The zero-order valence-electron chi connectivity index (χ0n) is 13.5. The molecule has 0 spiro atoms. The lowest BCUT2D eigenvalue weighted by Crippen LogP contribution is -2.43. The molecule has 1 fully saturated rings. The molecule has 1 saturated heterocycles. The molecule has 1 aromatic rings. The van der Waals surface area contributed by atoms with E-state index in [2.05, 4.69) is 5.32 Å². The molecule has 9 heteroatoms. The van der Waals surface area contributed by atoms with Gasteiger partial charge in [-0.15, -0.1) is 0 Å². The minimum Gasteiger partial charge on any atom is -0.480 e. The predicted molar refractivity (Wildman–Crippen MR) is 80.3 cm³/mol. The van der Waals surface area contributed by atoms with Crippen LogP contribution in [-0.4, -0.2) is 40.9 Å². The number of benzene rings is 1. The predicted octanol–water partition coefficient (Wildman–Crippen LogP) is 1.81. The van der Waals surface area contributed by atoms with E-state index in [1.165, 1.54) is 31.0 Å². The van der Waals surface area contributed by atoms with Crippen LogP contribution in [-0.2, 0) is 20.6 Å². The molecule has 136 valence electrons. The number of carbonyl (C=O) groups is 3. The maximum absolute atomic E-state index is 12.7. The Morgan fingerprint density at radius 2 is 1.84 bits per heavy atom. The van der Waals surface area contributed by atoms with Crippen molar-refractivity contribution in [3.63, 3.8) is 0 Å². The molecule has 6 nitrogen and oxygen atoms in total. The van der Waals surface area contributed by atoms with E-state index in [-0.39, 0.29) is 12.3 Å². The molecule has 0 bridgehead atoms. The summed E-state index contributed by atoms with van der Waals surface area (Å²) in [6, 6.07) is 2.34. The first-order valence-electron chi connectivity index (χ1n) is 7.48. The third kappa shape index (κ3) is 3.92. The molecule has 2 amide bonds. The van der Waals surface area contributed by atoms with Crippen molar-refractivity contribution in [2.24, 2.45) is 5.92 Å². The topological polar surface area (TPSA) is 86.7 Å². The molecule has 2 N–H and O–H groups in total. The number of rotatable bonds is 4. The number of nitrogens with one attached hydrogen (secondary N) is 1. The van der Waals surface area contributed by atoms with Crippen LogP contribution in [0.2, 0.25) is 0 Å². The van der Waals surface area contributed by atoms with Crippen molar-refractivity contribution in [3.8, 4) is 0 Å². The van der Waals surface area contributed by atoms with Crippen LogP contribution in [0.1, 0.15) is 30.5 Å². The molecule has 1 aliphatic heterocycles. The number of nitrogens with zero attached hydrogens (tertiary/aromatic N) is 1. The van der Waals surface area contributed by atoms with Crippen LogP contribution in [0, 0.1) is 5.92 Å². The summed E-state index contributed by atoms with van der Waals surface area (Å²) in [4.78, 5) is 36.4. The molecular weight excluding hydrogens is 341 g/mol. The summed E-state index contributed by atoms with van der Waals surface area (Å²) in [5.74, 6) is -3.07. The number of amides is 2. The van der Waals surface area contributed by atoms with Crippen molar-refractivity contribution in [3.05, 3.63) is 35.4 Å². The van der Waals surface area contributed by atoms with Crippen LogP contribution in [0.3, 0.4) is 0 Å². The van der Waals surface area contributed by atoms with Crippen molar-refractivity contribution >= 4 is 17.8 Å². The molecule has 1 aliphatic rings. The number of alkyl halides is 3. The van der Waals surface area contributed by atoms with E-state index < -0.39 is 41.6 Å². The first-order chi connectivity index (χ1) is 11.5. The smallest absolute Gasteiger partial charge is 0.416 e. The van der Waals surface area contributed by atoms with Gasteiger partial charge in [-0.05, 0) is 24.6 Å². The number of carboxylic acids is 1. The van der Waals surface area contributed by atoms with E-state index >= 15 is 0 Å². The van der Waals surface area contributed by atoms with Gasteiger partial charge in [0.1, 0.15) is 6.04 Å². The van der Waals surface area contributed by atoms with Gasteiger partial charge in [-0.25, -0.2) is 0 Å². The second kappa shape index (κ2) is 6.73. The van der Waals surface area contributed by atoms with Crippen LogP contribution in [0.5, 0.6) is 0 Å². The fourth-order valence-corrected chi connectivity index (χ4v) is 2.81. The van der Waals surface area contributed by atoms with Gasteiger partial charge < -0.3 is 15.3 Å². The van der Waals surface area contributed by atoms with Gasteiger partial charge >= 0.3 is 12.1 Å². The number of aliphatic carboxylic acids is 1. The van der Waals surface area contributed by atoms with Gasteiger partial charge in [0, 0.05) is 13.5 Å². The lowest BCUT2D eigenvalue weighted by Gasteiger charge is -2.25. The molecule has 0 unspecified atom stereocenters. The zero-order chi connectivity index (χ0) is 18.9. The lowest BCUT2D eigenvalue weighted by molar-refractivity contribution is -0.142. The summed E-state index contributed by atoms with van der Waals surface area (Å²) in [7, 11) is 1.46. The number of likely N-dealkylation sites (tertiary alicyclic amines) is 1. The standard InChI is InChI=1S/C16H17F3N2O4/c1-8(15(24)25)20-14(23)11-7-12(22)21(2)13(11)9-3-5-10(6-4-9)16(17,18)19/h3-6,8,11,13H,7H2,1-2H3,(H,20,23)(H,24,25)/t8-,11-,13+/m0/s1. The summed E-state index contributed by atoms with van der Waals surface area (Å²) in [5.41, 5.74) is -0.451. The van der Waals surface area contributed by atoms with Gasteiger partial charge in [0.05, 0.1) is 17.5 Å². The van der Waals surface area contributed by atoms with E-state index in [9.17, 15) is 27.6 Å². The summed E-state index contributed by atoms with van der Waals surface area (Å²) in [6.07, 6.45) is -4.62. The van der Waals surface area contributed by atoms with Gasteiger partial charge in [0.2, 0.25) is 11.8 Å². The Balaban J connectivity index is 2.27. The SMILES string of the molecule is C[C@H](NC(=O)[C@H]1CC(=O)N(C)[C@@H]1c1ccc(C(F)(F)F)cc1)C(=O)O. The molecule has 1 aromatic carbocycles. The molecule has 0 radical (unpaired) electrons. The highest BCUT2D eigenvalue weighted by molar-refractivity contribution is 5.92. The van der Waals surface area contributed by atoms with Crippen LogP contribution in [0.25, 0.3) is 0 Å². The highest BCUT2D eigenvalue weighted by Gasteiger charge is 2.43. The van der Waals surface area contributed by atoms with Crippen molar-refractivity contribution in [1.29, 1.82) is 0 Å².